The second-order valence-electron chi connectivity index (χ2n) is 3.16. The van der Waals surface area contributed by atoms with E-state index < -0.39 is 0 Å². The minimum atomic E-state index is 0.636. The molecular formula is C9H15N. The molecule has 1 nitrogen and oxygen atoms in total. The van der Waals surface area contributed by atoms with Crippen LogP contribution in [0.25, 0.3) is 0 Å². The molecule has 0 heterocycles. The zero-order valence-corrected chi connectivity index (χ0v) is 7.18. The fourth-order valence-corrected chi connectivity index (χ4v) is 1.08. The molecule has 1 heteroatoms. The van der Waals surface area contributed by atoms with E-state index in [1.165, 1.54) is 11.3 Å². The van der Waals surface area contributed by atoms with Gasteiger partial charge in [-0.1, -0.05) is 18.6 Å². The van der Waals surface area contributed by atoms with Crippen molar-refractivity contribution in [2.45, 2.75) is 13.8 Å². The van der Waals surface area contributed by atoms with E-state index in [0.717, 1.165) is 0 Å². The third kappa shape index (κ3) is 1.23. The van der Waals surface area contributed by atoms with Gasteiger partial charge in [0, 0.05) is 19.8 Å². The first-order valence-electron chi connectivity index (χ1n) is 3.68. The van der Waals surface area contributed by atoms with Crippen LogP contribution in [-0.4, -0.2) is 19.0 Å². The van der Waals surface area contributed by atoms with E-state index in [2.05, 4.69) is 45.0 Å². The summed E-state index contributed by atoms with van der Waals surface area (Å²) in [6, 6.07) is 0. The van der Waals surface area contributed by atoms with Crippen molar-refractivity contribution in [3.05, 3.63) is 23.4 Å². The zero-order valence-electron chi connectivity index (χ0n) is 7.18. The lowest BCUT2D eigenvalue weighted by Gasteiger charge is -2.10. The first-order valence-corrected chi connectivity index (χ1v) is 3.68. The van der Waals surface area contributed by atoms with Gasteiger partial charge in [-0.15, -0.1) is 0 Å². The van der Waals surface area contributed by atoms with Crippen molar-refractivity contribution >= 4 is 0 Å². The summed E-state index contributed by atoms with van der Waals surface area (Å²) in [6.07, 6.45) is 4.53. The Morgan fingerprint density at radius 3 is 2.20 bits per heavy atom. The third-order valence-electron chi connectivity index (χ3n) is 2.03. The van der Waals surface area contributed by atoms with Crippen LogP contribution in [0.2, 0.25) is 0 Å². The maximum atomic E-state index is 2.29. The largest absolute Gasteiger partial charge is 0.378 e. The van der Waals surface area contributed by atoms with Crippen molar-refractivity contribution in [3.63, 3.8) is 0 Å². The van der Waals surface area contributed by atoms with Crippen molar-refractivity contribution in [2.24, 2.45) is 5.92 Å². The van der Waals surface area contributed by atoms with Crippen molar-refractivity contribution in [3.8, 4) is 0 Å². The molecule has 1 rings (SSSR count). The Labute approximate surface area is 63.0 Å². The van der Waals surface area contributed by atoms with Gasteiger partial charge in [0.2, 0.25) is 0 Å². The third-order valence-corrected chi connectivity index (χ3v) is 2.03. The van der Waals surface area contributed by atoms with E-state index in [1.807, 2.05) is 0 Å². The van der Waals surface area contributed by atoms with Crippen molar-refractivity contribution in [1.82, 2.24) is 4.90 Å². The smallest absolute Gasteiger partial charge is 0.0326 e. The van der Waals surface area contributed by atoms with E-state index in [1.54, 1.807) is 0 Å². The van der Waals surface area contributed by atoms with Gasteiger partial charge in [0.15, 0.2) is 0 Å². The number of allylic oxidation sites excluding steroid dienone is 3. The van der Waals surface area contributed by atoms with Crippen LogP contribution >= 0.6 is 0 Å². The van der Waals surface area contributed by atoms with Gasteiger partial charge in [0.25, 0.3) is 0 Å². The number of nitrogens with zero attached hydrogens (tertiary/aromatic N) is 1. The molecule has 0 aromatic carbocycles. The first kappa shape index (κ1) is 7.39. The molecule has 0 radical (unpaired) electrons. The van der Waals surface area contributed by atoms with Gasteiger partial charge in [-0.3, -0.25) is 0 Å². The lowest BCUT2D eigenvalue weighted by atomic mass is 10.1. The van der Waals surface area contributed by atoms with E-state index in [0.29, 0.717) is 5.92 Å². The number of hydrogen-bond acceptors (Lipinski definition) is 1. The molecule has 1 aliphatic rings. The van der Waals surface area contributed by atoms with E-state index in [4.69, 9.17) is 0 Å². The average molecular weight is 137 g/mol. The molecular weight excluding hydrogens is 122 g/mol. The summed E-state index contributed by atoms with van der Waals surface area (Å²) in [7, 11) is 4.15. The molecule has 1 aliphatic carbocycles. The summed E-state index contributed by atoms with van der Waals surface area (Å²) in [5, 5.41) is 0. The van der Waals surface area contributed by atoms with Crippen molar-refractivity contribution in [1.29, 1.82) is 0 Å². The fraction of sp³-hybridized carbons (Fsp3) is 0.556. The van der Waals surface area contributed by atoms with E-state index in [9.17, 15) is 0 Å². The molecule has 56 valence electrons. The highest BCUT2D eigenvalue weighted by Crippen LogP contribution is 2.23. The monoisotopic (exact) mass is 137 g/mol. The molecule has 10 heavy (non-hydrogen) atoms. The van der Waals surface area contributed by atoms with Crippen LogP contribution in [0.15, 0.2) is 23.4 Å². The van der Waals surface area contributed by atoms with Gasteiger partial charge in [-0.05, 0) is 18.9 Å². The Morgan fingerprint density at radius 1 is 1.40 bits per heavy atom. The molecule has 0 fully saturated rings. The van der Waals surface area contributed by atoms with Gasteiger partial charge in [0.05, 0.1) is 0 Å². The number of hydrogen-bond donors (Lipinski definition) is 0. The molecule has 0 amide bonds. The van der Waals surface area contributed by atoms with Gasteiger partial charge < -0.3 is 4.90 Å². The van der Waals surface area contributed by atoms with Crippen LogP contribution in [0.1, 0.15) is 13.8 Å². The first-order chi connectivity index (χ1) is 4.61. The molecule has 0 aromatic heterocycles. The standard InChI is InChI=1S/C9H15N/c1-7-5-9(10(3)4)6-8(7)2/h5-7H,1-4H3. The van der Waals surface area contributed by atoms with E-state index >= 15 is 0 Å². The molecule has 0 spiro atoms. The lowest BCUT2D eigenvalue weighted by Crippen LogP contribution is -2.07. The van der Waals surface area contributed by atoms with Crippen molar-refractivity contribution in [2.75, 3.05) is 14.1 Å². The summed E-state index contributed by atoms with van der Waals surface area (Å²) in [5.41, 5.74) is 2.80. The summed E-state index contributed by atoms with van der Waals surface area (Å²) in [4.78, 5) is 2.15. The van der Waals surface area contributed by atoms with Crippen LogP contribution in [0, 0.1) is 5.92 Å². The summed E-state index contributed by atoms with van der Waals surface area (Å²) in [5.74, 6) is 0.636. The second kappa shape index (κ2) is 2.49. The maximum Gasteiger partial charge on any atom is 0.0326 e. The van der Waals surface area contributed by atoms with E-state index in [-0.39, 0.29) is 0 Å². The molecule has 0 bridgehead atoms. The second-order valence-corrected chi connectivity index (χ2v) is 3.16. The van der Waals surface area contributed by atoms with Crippen LogP contribution in [0.3, 0.4) is 0 Å². The zero-order chi connectivity index (χ0) is 7.72. The summed E-state index contributed by atoms with van der Waals surface area (Å²) < 4.78 is 0. The average Bonchev–Trinajstić information content (AvgIpc) is 2.13. The van der Waals surface area contributed by atoms with Gasteiger partial charge in [0.1, 0.15) is 0 Å². The molecule has 0 aliphatic heterocycles. The summed E-state index contributed by atoms with van der Waals surface area (Å²) >= 11 is 0. The molecule has 0 aromatic rings. The summed E-state index contributed by atoms with van der Waals surface area (Å²) in [6.45, 7) is 4.40. The Hall–Kier alpha value is -0.720. The predicted octanol–water partition coefficient (Wildman–Crippen LogP) is 2.03. The van der Waals surface area contributed by atoms with Gasteiger partial charge >= 0.3 is 0 Å². The minimum Gasteiger partial charge on any atom is -0.378 e. The fourth-order valence-electron chi connectivity index (χ4n) is 1.08. The SMILES string of the molecule is CC1=CC(N(C)C)=CC1C. The molecule has 0 N–H and O–H groups in total. The molecule has 0 saturated carbocycles. The Morgan fingerprint density at radius 2 is 2.00 bits per heavy atom. The number of likely N-dealkylation sites (N-methyl/N-ethyl adjacent to an activating group) is 1. The van der Waals surface area contributed by atoms with Crippen molar-refractivity contribution < 1.29 is 0 Å². The minimum absolute atomic E-state index is 0.636. The topological polar surface area (TPSA) is 3.24 Å². The predicted molar refractivity (Wildman–Crippen MR) is 44.7 cm³/mol. The molecule has 1 unspecified atom stereocenters. The maximum absolute atomic E-state index is 2.29. The highest BCUT2D eigenvalue weighted by Gasteiger charge is 2.10. The highest BCUT2D eigenvalue weighted by atomic mass is 15.1. The molecule has 1 atom stereocenters. The van der Waals surface area contributed by atoms with Gasteiger partial charge in [-0.25, -0.2) is 0 Å². The molecule has 0 saturated heterocycles. The Bertz CT molecular complexity index is 187. The number of rotatable bonds is 1. The Kier molecular flexibility index (Phi) is 1.84. The van der Waals surface area contributed by atoms with Crippen LogP contribution in [0.4, 0.5) is 0 Å². The van der Waals surface area contributed by atoms with Crippen LogP contribution in [-0.2, 0) is 0 Å². The van der Waals surface area contributed by atoms with Crippen LogP contribution < -0.4 is 0 Å². The quantitative estimate of drug-likeness (QED) is 0.534. The lowest BCUT2D eigenvalue weighted by molar-refractivity contribution is 0.529. The Balaban J connectivity index is 2.75. The van der Waals surface area contributed by atoms with Gasteiger partial charge in [-0.2, -0.15) is 0 Å². The highest BCUT2D eigenvalue weighted by molar-refractivity contribution is 5.32. The normalized spacial score (nSPS) is 24.2. The van der Waals surface area contributed by atoms with Crippen LogP contribution in [0.5, 0.6) is 0 Å².